The van der Waals surface area contributed by atoms with Crippen LogP contribution in [0.3, 0.4) is 0 Å². The minimum absolute atomic E-state index is 0.0164. The highest BCUT2D eigenvalue weighted by Gasteiger charge is 2.05. The van der Waals surface area contributed by atoms with E-state index >= 15 is 0 Å². The number of aryl methyl sites for hydroxylation is 1. The third-order valence-electron chi connectivity index (χ3n) is 1.27. The molecule has 1 rings (SSSR count). The van der Waals surface area contributed by atoms with Gasteiger partial charge in [0.05, 0.1) is 5.56 Å². The summed E-state index contributed by atoms with van der Waals surface area (Å²) in [6.07, 6.45) is 0. The number of hydrogen-bond donors (Lipinski definition) is 1. The Morgan fingerprint density at radius 3 is 2.64 bits per heavy atom. The minimum atomic E-state index is -0.730. The normalized spacial score (nSPS) is 9.64. The number of pyridine rings is 1. The number of hydrogen-bond acceptors (Lipinski definition) is 2. The Morgan fingerprint density at radius 1 is 1.55 bits per heavy atom. The zero-order chi connectivity index (χ0) is 8.43. The average Bonchev–Trinajstić information content (AvgIpc) is 1.85. The van der Waals surface area contributed by atoms with E-state index in [1.807, 2.05) is 0 Å². The maximum Gasteiger partial charge on any atom is 0.260 e. The lowest BCUT2D eigenvalue weighted by molar-refractivity contribution is 0.108. The first-order valence-corrected chi connectivity index (χ1v) is 3.39. The molecule has 1 aromatic heterocycles. The Balaban J connectivity index is 3.32. The fraction of sp³-hybridized carbons (Fsp3) is 0.143. The van der Waals surface area contributed by atoms with Crippen molar-refractivity contribution in [2.75, 3.05) is 0 Å². The van der Waals surface area contributed by atoms with Crippen LogP contribution in [0.5, 0.6) is 0 Å². The largest absolute Gasteiger partial charge is 0.326 e. The van der Waals surface area contributed by atoms with Crippen LogP contribution in [-0.2, 0) is 0 Å². The Labute approximate surface area is 68.0 Å². The number of carbonyl (C=O) groups excluding carboxylic acids is 1. The molecule has 0 saturated heterocycles. The predicted molar refractivity (Wildman–Crippen MR) is 42.0 cm³/mol. The van der Waals surface area contributed by atoms with Gasteiger partial charge in [0, 0.05) is 5.69 Å². The van der Waals surface area contributed by atoms with Gasteiger partial charge in [0.2, 0.25) is 0 Å². The highest BCUT2D eigenvalue weighted by Crippen LogP contribution is 1.97. The molecule has 0 radical (unpaired) electrons. The number of carbonyl (C=O) groups is 1. The molecular weight excluding hydrogens is 166 g/mol. The molecule has 1 N–H and O–H groups in total. The molecule has 0 aliphatic carbocycles. The van der Waals surface area contributed by atoms with E-state index in [-0.39, 0.29) is 5.56 Å². The van der Waals surface area contributed by atoms with Crippen molar-refractivity contribution in [1.29, 1.82) is 0 Å². The molecule has 0 aliphatic rings. The average molecular weight is 172 g/mol. The molecule has 1 heterocycles. The fourth-order valence-electron chi connectivity index (χ4n) is 0.727. The molecule has 0 amide bonds. The van der Waals surface area contributed by atoms with Crippen molar-refractivity contribution in [2.45, 2.75) is 6.92 Å². The lowest BCUT2D eigenvalue weighted by Gasteiger charge is -1.93. The second kappa shape index (κ2) is 2.88. The molecule has 3 nitrogen and oxygen atoms in total. The van der Waals surface area contributed by atoms with Crippen molar-refractivity contribution in [3.63, 3.8) is 0 Å². The fourth-order valence-corrected chi connectivity index (χ4v) is 0.876. The van der Waals surface area contributed by atoms with Gasteiger partial charge in [0.15, 0.2) is 0 Å². The number of halogens is 1. The molecular formula is C7H6ClNO2. The summed E-state index contributed by atoms with van der Waals surface area (Å²) in [5.74, 6) is 0. The van der Waals surface area contributed by atoms with Gasteiger partial charge in [-0.1, -0.05) is 0 Å². The summed E-state index contributed by atoms with van der Waals surface area (Å²) >= 11 is 5.10. The maximum atomic E-state index is 10.9. The first-order valence-electron chi connectivity index (χ1n) is 3.01. The molecule has 58 valence electrons. The van der Waals surface area contributed by atoms with E-state index in [1.165, 1.54) is 6.07 Å². The summed E-state index contributed by atoms with van der Waals surface area (Å²) in [4.78, 5) is 23.9. The lowest BCUT2D eigenvalue weighted by Crippen LogP contribution is -2.14. The van der Waals surface area contributed by atoms with Crippen molar-refractivity contribution in [2.24, 2.45) is 0 Å². The van der Waals surface area contributed by atoms with Gasteiger partial charge >= 0.3 is 0 Å². The van der Waals surface area contributed by atoms with E-state index < -0.39 is 10.8 Å². The molecule has 0 saturated carbocycles. The standard InChI is InChI=1S/C7H6ClNO2/c1-4-2-3-5(6(8)10)7(11)9-4/h2-3H,1H3,(H,9,11). The van der Waals surface area contributed by atoms with Crippen LogP contribution in [0.1, 0.15) is 16.1 Å². The number of rotatable bonds is 1. The van der Waals surface area contributed by atoms with Crippen LogP contribution in [0.2, 0.25) is 0 Å². The van der Waals surface area contributed by atoms with E-state index in [2.05, 4.69) is 4.98 Å². The summed E-state index contributed by atoms with van der Waals surface area (Å²) in [6.45, 7) is 1.73. The monoisotopic (exact) mass is 171 g/mol. The summed E-state index contributed by atoms with van der Waals surface area (Å²) in [7, 11) is 0. The van der Waals surface area contributed by atoms with Gasteiger partial charge in [0.25, 0.3) is 10.8 Å². The smallest absolute Gasteiger partial charge is 0.260 e. The predicted octanol–water partition coefficient (Wildman–Crippen LogP) is 1.06. The number of aromatic nitrogens is 1. The molecule has 0 spiro atoms. The zero-order valence-corrected chi connectivity index (χ0v) is 6.61. The first kappa shape index (κ1) is 8.01. The van der Waals surface area contributed by atoms with Crippen LogP contribution in [0.25, 0.3) is 0 Å². The van der Waals surface area contributed by atoms with E-state index in [0.717, 1.165) is 0 Å². The van der Waals surface area contributed by atoms with Gasteiger partial charge in [0.1, 0.15) is 0 Å². The van der Waals surface area contributed by atoms with Gasteiger partial charge in [-0.3, -0.25) is 9.59 Å². The summed E-state index contributed by atoms with van der Waals surface area (Å²) in [5.41, 5.74) is 0.249. The molecule has 1 aromatic rings. The van der Waals surface area contributed by atoms with E-state index in [4.69, 9.17) is 11.6 Å². The molecule has 0 bridgehead atoms. The van der Waals surface area contributed by atoms with Crippen molar-refractivity contribution in [3.05, 3.63) is 33.7 Å². The number of H-pyrrole nitrogens is 1. The Bertz CT molecular complexity index is 343. The van der Waals surface area contributed by atoms with Crippen molar-refractivity contribution in [1.82, 2.24) is 4.98 Å². The second-order valence-corrected chi connectivity index (χ2v) is 2.50. The third kappa shape index (κ3) is 1.68. The van der Waals surface area contributed by atoms with Gasteiger partial charge < -0.3 is 4.98 Å². The first-order chi connectivity index (χ1) is 5.11. The van der Waals surface area contributed by atoms with Crippen molar-refractivity contribution < 1.29 is 4.79 Å². The number of aromatic amines is 1. The molecule has 0 atom stereocenters. The molecule has 11 heavy (non-hydrogen) atoms. The molecule has 0 fully saturated rings. The molecule has 0 aromatic carbocycles. The topological polar surface area (TPSA) is 49.9 Å². The maximum absolute atomic E-state index is 10.9. The summed E-state index contributed by atoms with van der Waals surface area (Å²) in [6, 6.07) is 3.03. The Kier molecular flexibility index (Phi) is 2.10. The molecule has 0 unspecified atom stereocenters. The van der Waals surface area contributed by atoms with Crippen LogP contribution in [-0.4, -0.2) is 10.2 Å². The Morgan fingerprint density at radius 2 is 2.18 bits per heavy atom. The van der Waals surface area contributed by atoms with Gasteiger partial charge in [-0.15, -0.1) is 0 Å². The quantitative estimate of drug-likeness (QED) is 0.643. The molecule has 4 heteroatoms. The lowest BCUT2D eigenvalue weighted by atomic mass is 10.3. The van der Waals surface area contributed by atoms with Crippen molar-refractivity contribution in [3.8, 4) is 0 Å². The minimum Gasteiger partial charge on any atom is -0.326 e. The highest BCUT2D eigenvalue weighted by molar-refractivity contribution is 6.67. The van der Waals surface area contributed by atoms with E-state index in [9.17, 15) is 9.59 Å². The van der Waals surface area contributed by atoms with Gasteiger partial charge in [-0.25, -0.2) is 0 Å². The molecule has 0 aliphatic heterocycles. The van der Waals surface area contributed by atoms with Crippen molar-refractivity contribution >= 4 is 16.8 Å². The zero-order valence-electron chi connectivity index (χ0n) is 5.85. The van der Waals surface area contributed by atoms with Crippen LogP contribution < -0.4 is 5.56 Å². The SMILES string of the molecule is Cc1ccc(C(=O)Cl)c(=O)[nH]1. The van der Waals surface area contributed by atoms with E-state index in [0.29, 0.717) is 5.69 Å². The second-order valence-electron chi connectivity index (χ2n) is 2.16. The van der Waals surface area contributed by atoms with E-state index in [1.54, 1.807) is 13.0 Å². The Hall–Kier alpha value is -1.09. The number of nitrogens with one attached hydrogen (secondary N) is 1. The van der Waals surface area contributed by atoms with Crippen LogP contribution >= 0.6 is 11.6 Å². The van der Waals surface area contributed by atoms with Crippen LogP contribution in [0.4, 0.5) is 0 Å². The van der Waals surface area contributed by atoms with Gasteiger partial charge in [-0.2, -0.15) is 0 Å². The highest BCUT2D eigenvalue weighted by atomic mass is 35.5. The summed E-state index contributed by atoms with van der Waals surface area (Å²) < 4.78 is 0. The van der Waals surface area contributed by atoms with Crippen LogP contribution in [0.15, 0.2) is 16.9 Å². The summed E-state index contributed by atoms with van der Waals surface area (Å²) in [5, 5.41) is -0.730. The van der Waals surface area contributed by atoms with Crippen LogP contribution in [0, 0.1) is 6.92 Å². The van der Waals surface area contributed by atoms with Gasteiger partial charge in [-0.05, 0) is 30.7 Å². The third-order valence-corrected chi connectivity index (χ3v) is 1.47.